The minimum absolute atomic E-state index is 0.912. The Morgan fingerprint density at radius 2 is 0.935 bits per heavy atom. The maximum absolute atomic E-state index is 6.37. The first-order valence-corrected chi connectivity index (χ1v) is 15.7. The van der Waals surface area contributed by atoms with Crippen LogP contribution in [0, 0.1) is 0 Å². The molecule has 0 atom stereocenters. The molecule has 0 fully saturated rings. The zero-order valence-corrected chi connectivity index (χ0v) is 25.1. The van der Waals surface area contributed by atoms with E-state index in [0.29, 0.717) is 0 Å². The highest BCUT2D eigenvalue weighted by Gasteiger charge is 2.16. The third kappa shape index (κ3) is 4.51. The molecule has 8 aromatic carbocycles. The van der Waals surface area contributed by atoms with Gasteiger partial charge in [0.1, 0.15) is 11.2 Å². The van der Waals surface area contributed by atoms with Crippen molar-refractivity contribution in [2.75, 3.05) is 4.90 Å². The SMILES string of the molecule is c1cc(-c2ccc3ccccc3c2)cc(N(c2ccc(-c3cccc4c3oc3ccccc34)cc2)c2ccc3ccccc3c2)c1. The van der Waals surface area contributed by atoms with Crippen LogP contribution in [0.1, 0.15) is 0 Å². The quantitative estimate of drug-likeness (QED) is 0.199. The highest BCUT2D eigenvalue weighted by Crippen LogP contribution is 2.40. The third-order valence-electron chi connectivity index (χ3n) is 9.02. The molecule has 1 heterocycles. The standard InChI is InChI=1S/C44H29NO/c1-3-11-33-27-36(20-19-30(33)9-1)35-13-7-14-38(29-35)45(39-26-21-31-10-2-4-12-34(31)28-39)37-24-22-32(23-25-37)40-16-8-17-42-41-15-5-6-18-43(41)46-44(40)42/h1-29H. The van der Waals surface area contributed by atoms with Crippen molar-refractivity contribution in [2.24, 2.45) is 0 Å². The topological polar surface area (TPSA) is 16.4 Å². The largest absolute Gasteiger partial charge is 0.455 e. The van der Waals surface area contributed by atoms with E-state index in [1.54, 1.807) is 0 Å². The number of hydrogen-bond acceptors (Lipinski definition) is 2. The van der Waals surface area contributed by atoms with E-state index in [1.807, 2.05) is 12.1 Å². The van der Waals surface area contributed by atoms with E-state index in [2.05, 4.69) is 169 Å². The average Bonchev–Trinajstić information content (AvgIpc) is 3.51. The van der Waals surface area contributed by atoms with E-state index < -0.39 is 0 Å². The second kappa shape index (κ2) is 10.8. The van der Waals surface area contributed by atoms with Crippen molar-refractivity contribution >= 4 is 60.5 Å². The Morgan fingerprint density at radius 1 is 0.348 bits per heavy atom. The van der Waals surface area contributed by atoms with Gasteiger partial charge in [-0.2, -0.15) is 0 Å². The summed E-state index contributed by atoms with van der Waals surface area (Å²) < 4.78 is 6.37. The van der Waals surface area contributed by atoms with Gasteiger partial charge in [-0.05, 0) is 86.8 Å². The Kier molecular flexibility index (Phi) is 6.17. The summed E-state index contributed by atoms with van der Waals surface area (Å²) >= 11 is 0. The van der Waals surface area contributed by atoms with Crippen LogP contribution in [0.3, 0.4) is 0 Å². The molecule has 0 aliphatic rings. The smallest absolute Gasteiger partial charge is 0.143 e. The number of furan rings is 1. The highest BCUT2D eigenvalue weighted by atomic mass is 16.3. The Morgan fingerprint density at radius 3 is 1.76 bits per heavy atom. The molecule has 1 aromatic heterocycles. The molecular formula is C44H29NO. The van der Waals surface area contributed by atoms with Crippen molar-refractivity contribution < 1.29 is 4.42 Å². The van der Waals surface area contributed by atoms with Gasteiger partial charge in [-0.15, -0.1) is 0 Å². The number of fused-ring (bicyclic) bond motifs is 5. The fourth-order valence-electron chi connectivity index (χ4n) is 6.72. The van der Waals surface area contributed by atoms with Gasteiger partial charge in [-0.25, -0.2) is 0 Å². The summed E-state index contributed by atoms with van der Waals surface area (Å²) in [4.78, 5) is 2.35. The fraction of sp³-hybridized carbons (Fsp3) is 0. The first kappa shape index (κ1) is 26.3. The molecule has 2 heteroatoms. The molecule has 216 valence electrons. The summed E-state index contributed by atoms with van der Waals surface area (Å²) in [5.74, 6) is 0. The van der Waals surface area contributed by atoms with Gasteiger partial charge in [0.15, 0.2) is 0 Å². The predicted molar refractivity (Wildman–Crippen MR) is 194 cm³/mol. The van der Waals surface area contributed by atoms with Crippen molar-refractivity contribution in [3.63, 3.8) is 0 Å². The van der Waals surface area contributed by atoms with E-state index in [9.17, 15) is 0 Å². The number of nitrogens with zero attached hydrogens (tertiary/aromatic N) is 1. The molecule has 9 aromatic rings. The predicted octanol–water partition coefficient (Wildman–Crippen LogP) is 12.7. The molecular weight excluding hydrogens is 558 g/mol. The minimum atomic E-state index is 0.912. The van der Waals surface area contributed by atoms with Crippen LogP contribution in [0.25, 0.3) is 65.7 Å². The second-order valence-electron chi connectivity index (χ2n) is 11.8. The molecule has 0 N–H and O–H groups in total. The maximum Gasteiger partial charge on any atom is 0.143 e. The lowest BCUT2D eigenvalue weighted by Crippen LogP contribution is -2.10. The van der Waals surface area contributed by atoms with Gasteiger partial charge in [0.05, 0.1) is 0 Å². The first-order valence-electron chi connectivity index (χ1n) is 15.7. The van der Waals surface area contributed by atoms with Gasteiger partial charge in [0.25, 0.3) is 0 Å². The monoisotopic (exact) mass is 587 g/mol. The Bertz CT molecular complexity index is 2540. The average molecular weight is 588 g/mol. The molecule has 0 spiro atoms. The van der Waals surface area contributed by atoms with E-state index in [1.165, 1.54) is 32.7 Å². The van der Waals surface area contributed by atoms with Crippen LogP contribution in [-0.4, -0.2) is 0 Å². The van der Waals surface area contributed by atoms with Gasteiger partial charge in [0, 0.05) is 33.4 Å². The number of hydrogen-bond donors (Lipinski definition) is 0. The van der Waals surface area contributed by atoms with Crippen LogP contribution in [0.4, 0.5) is 17.1 Å². The van der Waals surface area contributed by atoms with Gasteiger partial charge in [-0.1, -0.05) is 127 Å². The van der Waals surface area contributed by atoms with Gasteiger partial charge in [0.2, 0.25) is 0 Å². The molecule has 0 saturated carbocycles. The first-order chi connectivity index (χ1) is 22.8. The van der Waals surface area contributed by atoms with Crippen molar-refractivity contribution in [3.8, 4) is 22.3 Å². The maximum atomic E-state index is 6.37. The minimum Gasteiger partial charge on any atom is -0.455 e. The number of anilines is 3. The van der Waals surface area contributed by atoms with Crippen LogP contribution >= 0.6 is 0 Å². The van der Waals surface area contributed by atoms with Crippen molar-refractivity contribution in [3.05, 3.63) is 176 Å². The van der Waals surface area contributed by atoms with Crippen molar-refractivity contribution in [2.45, 2.75) is 0 Å². The Hall–Kier alpha value is -6.12. The molecule has 0 bridgehead atoms. The van der Waals surface area contributed by atoms with E-state index >= 15 is 0 Å². The van der Waals surface area contributed by atoms with Crippen LogP contribution in [-0.2, 0) is 0 Å². The van der Waals surface area contributed by atoms with Crippen LogP contribution in [0.15, 0.2) is 180 Å². The molecule has 0 saturated heterocycles. The molecule has 0 amide bonds. The van der Waals surface area contributed by atoms with Crippen LogP contribution in [0.2, 0.25) is 0 Å². The Balaban J connectivity index is 1.17. The number of benzene rings is 8. The number of para-hydroxylation sites is 2. The summed E-state index contributed by atoms with van der Waals surface area (Å²) in [6.07, 6.45) is 0. The molecule has 2 nitrogen and oxygen atoms in total. The summed E-state index contributed by atoms with van der Waals surface area (Å²) in [6, 6.07) is 62.8. The van der Waals surface area contributed by atoms with E-state index in [-0.39, 0.29) is 0 Å². The fourth-order valence-corrected chi connectivity index (χ4v) is 6.72. The second-order valence-corrected chi connectivity index (χ2v) is 11.8. The summed E-state index contributed by atoms with van der Waals surface area (Å²) in [7, 11) is 0. The molecule has 0 aliphatic heterocycles. The molecule has 46 heavy (non-hydrogen) atoms. The molecule has 0 aliphatic carbocycles. The van der Waals surface area contributed by atoms with E-state index in [4.69, 9.17) is 4.42 Å². The van der Waals surface area contributed by atoms with E-state index in [0.717, 1.165) is 50.1 Å². The van der Waals surface area contributed by atoms with Crippen molar-refractivity contribution in [1.29, 1.82) is 0 Å². The lowest BCUT2D eigenvalue weighted by atomic mass is 10.00. The lowest BCUT2D eigenvalue weighted by Gasteiger charge is -2.26. The van der Waals surface area contributed by atoms with Gasteiger partial charge in [-0.3, -0.25) is 0 Å². The normalized spacial score (nSPS) is 11.5. The van der Waals surface area contributed by atoms with Crippen molar-refractivity contribution in [1.82, 2.24) is 0 Å². The molecule has 9 rings (SSSR count). The summed E-state index contributed by atoms with van der Waals surface area (Å²) in [5.41, 5.74) is 9.74. The van der Waals surface area contributed by atoms with Crippen LogP contribution < -0.4 is 4.90 Å². The van der Waals surface area contributed by atoms with Gasteiger partial charge >= 0.3 is 0 Å². The third-order valence-corrected chi connectivity index (χ3v) is 9.02. The molecule has 0 radical (unpaired) electrons. The summed E-state index contributed by atoms with van der Waals surface area (Å²) in [6.45, 7) is 0. The zero-order chi connectivity index (χ0) is 30.5. The highest BCUT2D eigenvalue weighted by molar-refractivity contribution is 6.09. The van der Waals surface area contributed by atoms with Gasteiger partial charge < -0.3 is 9.32 Å². The summed E-state index contributed by atoms with van der Waals surface area (Å²) in [5, 5.41) is 7.21. The Labute approximate surface area is 267 Å². The van der Waals surface area contributed by atoms with Crippen LogP contribution in [0.5, 0.6) is 0 Å². The lowest BCUT2D eigenvalue weighted by molar-refractivity contribution is 0.670. The zero-order valence-electron chi connectivity index (χ0n) is 25.1. The molecule has 0 unspecified atom stereocenters. The number of rotatable bonds is 5.